The van der Waals surface area contributed by atoms with Crippen LogP contribution in [-0.4, -0.2) is 31.1 Å². The van der Waals surface area contributed by atoms with E-state index < -0.39 is 0 Å². The minimum absolute atomic E-state index is 0.416. The van der Waals surface area contributed by atoms with E-state index in [4.69, 9.17) is 27.9 Å². The van der Waals surface area contributed by atoms with Crippen LogP contribution in [0.5, 0.6) is 5.75 Å². The lowest BCUT2D eigenvalue weighted by molar-refractivity contribution is 0.402. The Hall–Kier alpha value is -2.82. The highest BCUT2D eigenvalue weighted by molar-refractivity contribution is 7.22. The van der Waals surface area contributed by atoms with Crippen LogP contribution >= 0.6 is 34.5 Å². The van der Waals surface area contributed by atoms with Gasteiger partial charge in [0.1, 0.15) is 11.8 Å². The van der Waals surface area contributed by atoms with Gasteiger partial charge in [-0.25, -0.2) is 0 Å². The van der Waals surface area contributed by atoms with Gasteiger partial charge >= 0.3 is 0 Å². The zero-order valence-electron chi connectivity index (χ0n) is 17.7. The Labute approximate surface area is 200 Å². The minimum atomic E-state index is 0.416. The predicted molar refractivity (Wildman–Crippen MR) is 133 cm³/mol. The molecule has 32 heavy (non-hydrogen) atoms. The average Bonchev–Trinajstić information content (AvgIpc) is 3.20. The van der Waals surface area contributed by atoms with Crippen LogP contribution in [-0.2, 0) is 6.54 Å². The van der Waals surface area contributed by atoms with E-state index in [2.05, 4.69) is 59.6 Å². The number of ether oxygens (including phenoxy) is 1. The number of halogens is 2. The van der Waals surface area contributed by atoms with Gasteiger partial charge in [0.15, 0.2) is 0 Å². The Balaban J connectivity index is 1.77. The molecule has 0 saturated carbocycles. The van der Waals surface area contributed by atoms with Gasteiger partial charge in [0.25, 0.3) is 0 Å². The van der Waals surface area contributed by atoms with Crippen LogP contribution in [0.3, 0.4) is 0 Å². The van der Waals surface area contributed by atoms with E-state index in [1.165, 1.54) is 5.56 Å². The third kappa shape index (κ3) is 4.52. The number of nitrogens with zero attached hydrogens (tertiary/aromatic N) is 3. The second-order valence-electron chi connectivity index (χ2n) is 7.51. The molecule has 2 aromatic heterocycles. The molecule has 1 N–H and O–H groups in total. The summed E-state index contributed by atoms with van der Waals surface area (Å²) in [5, 5.41) is 13.8. The van der Waals surface area contributed by atoms with Gasteiger partial charge in [-0.05, 0) is 37.4 Å². The summed E-state index contributed by atoms with van der Waals surface area (Å²) < 4.78 is 6.19. The van der Waals surface area contributed by atoms with E-state index >= 15 is 0 Å². The van der Waals surface area contributed by atoms with E-state index in [0.717, 1.165) is 27.2 Å². The van der Waals surface area contributed by atoms with Gasteiger partial charge in [0.2, 0.25) is 0 Å². The van der Waals surface area contributed by atoms with Crippen LogP contribution in [0.15, 0.2) is 48.7 Å². The maximum Gasteiger partial charge on any atom is 0.139 e. The third-order valence-electron chi connectivity index (χ3n) is 4.90. The quantitative estimate of drug-likeness (QED) is 0.321. The fourth-order valence-corrected chi connectivity index (χ4v) is 5.02. The standard InChI is InChI=1S/C24H20Cl2N4OS/c1-30(2)13-14-4-6-15(7-5-14)22-10-20-24(32-22)23(16(11-27)12-28-20)29-19-9-21(31-3)18(26)8-17(19)25/h4-10,12H,13H2,1-3H3,(H,28,29). The van der Waals surface area contributed by atoms with E-state index in [1.54, 1.807) is 36.8 Å². The average molecular weight is 483 g/mol. The number of nitriles is 1. The highest BCUT2D eigenvalue weighted by Crippen LogP contribution is 2.41. The molecule has 162 valence electrons. The number of nitrogens with one attached hydrogen (secondary N) is 1. The number of hydrogen-bond acceptors (Lipinski definition) is 6. The number of benzene rings is 2. The van der Waals surface area contributed by atoms with Crippen molar-refractivity contribution in [2.45, 2.75) is 6.54 Å². The second kappa shape index (κ2) is 9.35. The number of aromatic nitrogens is 1. The van der Waals surface area contributed by atoms with E-state index in [-0.39, 0.29) is 0 Å². The van der Waals surface area contributed by atoms with Gasteiger partial charge in [-0.3, -0.25) is 4.98 Å². The van der Waals surface area contributed by atoms with Crippen molar-refractivity contribution in [3.63, 3.8) is 0 Å². The first-order valence-electron chi connectivity index (χ1n) is 9.76. The summed E-state index contributed by atoms with van der Waals surface area (Å²) in [7, 11) is 5.64. The first-order chi connectivity index (χ1) is 15.4. The van der Waals surface area contributed by atoms with Crippen molar-refractivity contribution >= 4 is 56.1 Å². The van der Waals surface area contributed by atoms with Gasteiger partial charge in [0, 0.05) is 23.7 Å². The number of thiophene rings is 1. The summed E-state index contributed by atoms with van der Waals surface area (Å²) in [5.41, 5.74) is 4.84. The Bertz CT molecular complexity index is 1330. The van der Waals surface area contributed by atoms with Crippen molar-refractivity contribution < 1.29 is 4.74 Å². The highest BCUT2D eigenvalue weighted by atomic mass is 35.5. The molecule has 0 aliphatic heterocycles. The van der Waals surface area contributed by atoms with Crippen LogP contribution < -0.4 is 10.1 Å². The molecule has 5 nitrogen and oxygen atoms in total. The molecule has 0 atom stereocenters. The summed E-state index contributed by atoms with van der Waals surface area (Å²) in [6, 6.07) is 16.1. The van der Waals surface area contributed by atoms with Crippen molar-refractivity contribution in [2.75, 3.05) is 26.5 Å². The number of hydrogen-bond donors (Lipinski definition) is 1. The molecule has 4 rings (SSSR count). The monoisotopic (exact) mass is 482 g/mol. The predicted octanol–water partition coefficient (Wildman–Crippen LogP) is 6.96. The Morgan fingerprint density at radius 3 is 2.53 bits per heavy atom. The third-order valence-corrected chi connectivity index (χ3v) is 6.70. The fraction of sp³-hybridized carbons (Fsp3) is 0.167. The molecular formula is C24H20Cl2N4OS. The van der Waals surface area contributed by atoms with Crippen LogP contribution in [0.25, 0.3) is 20.7 Å². The molecule has 0 radical (unpaired) electrons. The normalized spacial score (nSPS) is 11.0. The largest absolute Gasteiger partial charge is 0.495 e. The van der Waals surface area contributed by atoms with Crippen LogP contribution in [0.2, 0.25) is 10.0 Å². The van der Waals surface area contributed by atoms with E-state index in [0.29, 0.717) is 32.7 Å². The Morgan fingerprint density at radius 2 is 1.88 bits per heavy atom. The number of pyridine rings is 1. The molecule has 0 fully saturated rings. The number of anilines is 2. The molecule has 8 heteroatoms. The van der Waals surface area contributed by atoms with Gasteiger partial charge < -0.3 is 15.0 Å². The molecule has 4 aromatic rings. The van der Waals surface area contributed by atoms with Crippen molar-refractivity contribution in [3.8, 4) is 22.3 Å². The number of fused-ring (bicyclic) bond motifs is 1. The molecule has 0 unspecified atom stereocenters. The molecule has 2 heterocycles. The maximum absolute atomic E-state index is 9.69. The number of methoxy groups -OCH3 is 1. The van der Waals surface area contributed by atoms with Gasteiger partial charge in [0.05, 0.1) is 44.3 Å². The first-order valence-corrected chi connectivity index (χ1v) is 11.3. The SMILES string of the molecule is COc1cc(Nc2c(C#N)cnc3cc(-c4ccc(CN(C)C)cc4)sc23)c(Cl)cc1Cl. The van der Waals surface area contributed by atoms with Crippen LogP contribution in [0.4, 0.5) is 11.4 Å². The topological polar surface area (TPSA) is 61.2 Å². The highest BCUT2D eigenvalue weighted by Gasteiger charge is 2.16. The molecule has 0 spiro atoms. The van der Waals surface area contributed by atoms with Gasteiger partial charge in [-0.15, -0.1) is 11.3 Å². The van der Waals surface area contributed by atoms with E-state index in [1.807, 2.05) is 6.07 Å². The summed E-state index contributed by atoms with van der Waals surface area (Å²) in [4.78, 5) is 7.70. The molecule has 0 amide bonds. The molecule has 0 bridgehead atoms. The summed E-state index contributed by atoms with van der Waals surface area (Å²) in [5.74, 6) is 0.493. The first kappa shape index (κ1) is 22.4. The lowest BCUT2D eigenvalue weighted by Gasteiger charge is -2.13. The molecule has 0 aliphatic carbocycles. The van der Waals surface area contributed by atoms with Gasteiger partial charge in [-0.2, -0.15) is 5.26 Å². The van der Waals surface area contributed by atoms with Crippen molar-refractivity contribution in [2.24, 2.45) is 0 Å². The smallest absolute Gasteiger partial charge is 0.139 e. The lowest BCUT2D eigenvalue weighted by Crippen LogP contribution is -2.10. The van der Waals surface area contributed by atoms with Crippen molar-refractivity contribution in [1.29, 1.82) is 5.26 Å². The second-order valence-corrected chi connectivity index (χ2v) is 9.38. The summed E-state index contributed by atoms with van der Waals surface area (Å²) in [6.45, 7) is 0.888. The molecule has 2 aromatic carbocycles. The van der Waals surface area contributed by atoms with Crippen LogP contribution in [0, 0.1) is 11.3 Å². The van der Waals surface area contributed by atoms with Crippen LogP contribution in [0.1, 0.15) is 11.1 Å². The minimum Gasteiger partial charge on any atom is -0.495 e. The van der Waals surface area contributed by atoms with Crippen molar-refractivity contribution in [3.05, 3.63) is 69.8 Å². The Morgan fingerprint density at radius 1 is 1.12 bits per heavy atom. The van der Waals surface area contributed by atoms with Crippen molar-refractivity contribution in [1.82, 2.24) is 9.88 Å². The summed E-state index contributed by atoms with van der Waals surface area (Å²) >= 11 is 14.2. The molecule has 0 aliphatic rings. The zero-order valence-corrected chi connectivity index (χ0v) is 20.1. The molecular weight excluding hydrogens is 463 g/mol. The van der Waals surface area contributed by atoms with Gasteiger partial charge in [-0.1, -0.05) is 47.5 Å². The molecule has 0 saturated heterocycles. The zero-order chi connectivity index (χ0) is 22.8. The van der Waals surface area contributed by atoms with E-state index in [9.17, 15) is 5.26 Å². The number of rotatable bonds is 6. The summed E-state index contributed by atoms with van der Waals surface area (Å²) in [6.07, 6.45) is 1.57. The maximum atomic E-state index is 9.69. The fourth-order valence-electron chi connectivity index (χ4n) is 3.38. The Kier molecular flexibility index (Phi) is 6.54. The lowest BCUT2D eigenvalue weighted by atomic mass is 10.1.